The van der Waals surface area contributed by atoms with E-state index in [4.69, 9.17) is 9.47 Å². The molecule has 5 unspecified atom stereocenters. The fourth-order valence-corrected chi connectivity index (χ4v) is 3.34. The summed E-state index contributed by atoms with van der Waals surface area (Å²) < 4.78 is 9.44. The van der Waals surface area contributed by atoms with E-state index in [1.165, 1.54) is 12.0 Å². The third-order valence-corrected chi connectivity index (χ3v) is 4.15. The number of nitrogens with zero attached hydrogens (tertiary/aromatic N) is 1. The summed E-state index contributed by atoms with van der Waals surface area (Å²) in [7, 11) is 1.30. The molecule has 0 aromatic carbocycles. The van der Waals surface area contributed by atoms with E-state index in [2.05, 4.69) is 0 Å². The first-order valence-corrected chi connectivity index (χ1v) is 5.86. The molecule has 1 aliphatic carbocycles. The van der Waals surface area contributed by atoms with Crippen LogP contribution in [0.3, 0.4) is 0 Å². The lowest BCUT2D eigenvalue weighted by Gasteiger charge is -2.49. The van der Waals surface area contributed by atoms with E-state index in [0.29, 0.717) is 0 Å². The minimum absolute atomic E-state index is 0.174. The van der Waals surface area contributed by atoms with Crippen molar-refractivity contribution in [2.75, 3.05) is 7.11 Å². The number of methoxy groups -OCH3 is 1. The molecule has 18 heavy (non-hydrogen) atoms. The van der Waals surface area contributed by atoms with Gasteiger partial charge < -0.3 is 9.47 Å². The van der Waals surface area contributed by atoms with Crippen LogP contribution in [-0.2, 0) is 19.1 Å². The third-order valence-electron chi connectivity index (χ3n) is 4.15. The molecule has 0 radical (unpaired) electrons. The number of carbonyl (C=O) groups excluding carboxylic acids is 3. The molecule has 2 saturated heterocycles. The van der Waals surface area contributed by atoms with Crippen LogP contribution >= 0.6 is 0 Å². The molecule has 0 N–H and O–H groups in total. The lowest BCUT2D eigenvalue weighted by atomic mass is 9.67. The van der Waals surface area contributed by atoms with Crippen molar-refractivity contribution in [3.05, 3.63) is 12.2 Å². The monoisotopic (exact) mass is 251 g/mol. The predicted octanol–water partition coefficient (Wildman–Crippen LogP) is 0.327. The number of esters is 2. The van der Waals surface area contributed by atoms with Crippen LogP contribution in [0.4, 0.5) is 4.79 Å². The molecule has 1 amide bonds. The Hall–Kier alpha value is -1.85. The van der Waals surface area contributed by atoms with Crippen LogP contribution in [0.15, 0.2) is 12.2 Å². The first kappa shape index (κ1) is 11.3. The smallest absolute Gasteiger partial charge is 0.410 e. The van der Waals surface area contributed by atoms with Gasteiger partial charge in [-0.1, -0.05) is 12.2 Å². The van der Waals surface area contributed by atoms with Gasteiger partial charge >= 0.3 is 18.0 Å². The van der Waals surface area contributed by atoms with Gasteiger partial charge in [-0.15, -0.1) is 0 Å². The first-order chi connectivity index (χ1) is 8.56. The predicted molar refractivity (Wildman–Crippen MR) is 58.2 cm³/mol. The number of cyclic esters (lactones) is 2. The molecule has 6 nitrogen and oxygen atoms in total. The van der Waals surface area contributed by atoms with Crippen LogP contribution in [0.5, 0.6) is 0 Å². The topological polar surface area (TPSA) is 72.9 Å². The molecule has 2 bridgehead atoms. The molecule has 3 heterocycles. The highest BCUT2D eigenvalue weighted by Crippen LogP contribution is 2.47. The van der Waals surface area contributed by atoms with E-state index in [-0.39, 0.29) is 12.0 Å². The maximum Gasteiger partial charge on any atom is 0.410 e. The van der Waals surface area contributed by atoms with E-state index >= 15 is 0 Å². The molecule has 3 aliphatic heterocycles. The van der Waals surface area contributed by atoms with Crippen molar-refractivity contribution in [2.24, 2.45) is 17.8 Å². The van der Waals surface area contributed by atoms with Crippen molar-refractivity contribution in [3.63, 3.8) is 0 Å². The molecular weight excluding hydrogens is 238 g/mol. The Labute approximate surface area is 104 Å². The molecule has 4 aliphatic rings. The number of amides is 1. The minimum atomic E-state index is -0.581. The molecule has 0 spiro atoms. The zero-order valence-electron chi connectivity index (χ0n) is 10.0. The fourth-order valence-electron chi connectivity index (χ4n) is 3.34. The second kappa shape index (κ2) is 3.57. The maximum atomic E-state index is 11.8. The van der Waals surface area contributed by atoms with Gasteiger partial charge in [-0.2, -0.15) is 0 Å². The van der Waals surface area contributed by atoms with Crippen molar-refractivity contribution in [1.29, 1.82) is 0 Å². The van der Waals surface area contributed by atoms with Crippen LogP contribution in [0.25, 0.3) is 0 Å². The quantitative estimate of drug-likeness (QED) is 0.352. The standard InChI is InChI=1S/C12H13NO5/c1-5-6-3-4-7(13(5)12(16)17-2)9-8(6)10(14)18-11(9)15/h3-9H,1-2H3. The van der Waals surface area contributed by atoms with E-state index < -0.39 is 35.9 Å². The average molecular weight is 251 g/mol. The molecule has 0 aromatic rings. The van der Waals surface area contributed by atoms with Gasteiger partial charge in [-0.05, 0) is 6.92 Å². The summed E-state index contributed by atoms with van der Waals surface area (Å²) in [6.07, 6.45) is 3.21. The summed E-state index contributed by atoms with van der Waals surface area (Å²) in [5.41, 5.74) is 0. The summed E-state index contributed by atoms with van der Waals surface area (Å²) in [5.74, 6) is -2.23. The fraction of sp³-hybridized carbons (Fsp3) is 0.583. The number of hydrogen-bond acceptors (Lipinski definition) is 5. The molecule has 6 heteroatoms. The highest BCUT2D eigenvalue weighted by Gasteiger charge is 2.61. The average Bonchev–Trinajstić information content (AvgIpc) is 2.66. The first-order valence-electron chi connectivity index (χ1n) is 5.86. The largest absolute Gasteiger partial charge is 0.453 e. The number of hydrogen-bond donors (Lipinski definition) is 0. The number of ether oxygens (including phenoxy) is 2. The second-order valence-corrected chi connectivity index (χ2v) is 4.86. The van der Waals surface area contributed by atoms with E-state index in [1.807, 2.05) is 13.0 Å². The number of rotatable bonds is 0. The van der Waals surface area contributed by atoms with Crippen molar-refractivity contribution >= 4 is 18.0 Å². The Balaban J connectivity index is 2.03. The summed E-state index contributed by atoms with van der Waals surface area (Å²) in [5, 5.41) is 0. The van der Waals surface area contributed by atoms with Crippen molar-refractivity contribution < 1.29 is 23.9 Å². The molecule has 5 atom stereocenters. The van der Waals surface area contributed by atoms with Crippen LogP contribution in [0, 0.1) is 17.8 Å². The van der Waals surface area contributed by atoms with Crippen LogP contribution in [-0.4, -0.2) is 42.1 Å². The van der Waals surface area contributed by atoms with Crippen molar-refractivity contribution in [3.8, 4) is 0 Å². The Bertz CT molecular complexity index is 471. The zero-order chi connectivity index (χ0) is 13.0. The number of piperidine rings is 1. The van der Waals surface area contributed by atoms with E-state index in [1.54, 1.807) is 6.08 Å². The molecule has 2 fully saturated rings. The van der Waals surface area contributed by atoms with Gasteiger partial charge in [0.15, 0.2) is 0 Å². The third kappa shape index (κ3) is 1.20. The summed E-state index contributed by atoms with van der Waals surface area (Å²) in [4.78, 5) is 36.7. The Morgan fingerprint density at radius 3 is 2.61 bits per heavy atom. The Kier molecular flexibility index (Phi) is 2.23. The van der Waals surface area contributed by atoms with Gasteiger partial charge in [0.05, 0.1) is 25.0 Å². The van der Waals surface area contributed by atoms with Gasteiger partial charge in [0.25, 0.3) is 0 Å². The Morgan fingerprint density at radius 2 is 1.94 bits per heavy atom. The van der Waals surface area contributed by atoms with E-state index in [0.717, 1.165) is 0 Å². The van der Waals surface area contributed by atoms with Gasteiger partial charge in [0.2, 0.25) is 0 Å². The van der Waals surface area contributed by atoms with Crippen molar-refractivity contribution in [2.45, 2.75) is 19.0 Å². The molecular formula is C12H13NO5. The lowest BCUT2D eigenvalue weighted by molar-refractivity contribution is -0.153. The SMILES string of the molecule is COC(=O)N1C(C)C2C=CC1C1C(=O)OC(=O)C21. The summed E-state index contributed by atoms with van der Waals surface area (Å²) >= 11 is 0. The molecule has 0 aromatic heterocycles. The molecule has 4 rings (SSSR count). The van der Waals surface area contributed by atoms with Gasteiger partial charge in [0, 0.05) is 12.0 Å². The van der Waals surface area contributed by atoms with Gasteiger partial charge in [-0.3, -0.25) is 14.5 Å². The van der Waals surface area contributed by atoms with Crippen LogP contribution in [0.2, 0.25) is 0 Å². The summed E-state index contributed by atoms with van der Waals surface area (Å²) in [6, 6.07) is -0.617. The highest BCUT2D eigenvalue weighted by molar-refractivity contribution is 5.98. The molecule has 0 saturated carbocycles. The van der Waals surface area contributed by atoms with Gasteiger partial charge in [-0.25, -0.2) is 4.79 Å². The molecule has 96 valence electrons. The zero-order valence-corrected chi connectivity index (χ0v) is 10.0. The number of fused-ring (bicyclic) bond motifs is 1. The second-order valence-electron chi connectivity index (χ2n) is 4.86. The summed E-state index contributed by atoms with van der Waals surface area (Å²) in [6.45, 7) is 1.85. The van der Waals surface area contributed by atoms with Crippen molar-refractivity contribution in [1.82, 2.24) is 4.90 Å². The Morgan fingerprint density at radius 1 is 1.28 bits per heavy atom. The highest BCUT2D eigenvalue weighted by atomic mass is 16.6. The van der Waals surface area contributed by atoms with Crippen LogP contribution in [0.1, 0.15) is 6.92 Å². The maximum absolute atomic E-state index is 11.8. The minimum Gasteiger partial charge on any atom is -0.453 e. The lowest BCUT2D eigenvalue weighted by Crippen LogP contribution is -2.62. The number of carbonyl (C=O) groups is 3. The normalized spacial score (nSPS) is 40.8. The van der Waals surface area contributed by atoms with Crippen LogP contribution < -0.4 is 0 Å². The van der Waals surface area contributed by atoms with Gasteiger partial charge in [0.1, 0.15) is 0 Å². The van der Waals surface area contributed by atoms with E-state index in [9.17, 15) is 14.4 Å².